The second-order valence-corrected chi connectivity index (χ2v) is 5.81. The highest BCUT2D eigenvalue weighted by Crippen LogP contribution is 2.25. The first kappa shape index (κ1) is 14.1. The Hall–Kier alpha value is -1.35. The van der Waals surface area contributed by atoms with Crippen LogP contribution in [0.3, 0.4) is 0 Å². The van der Waals surface area contributed by atoms with Crippen LogP contribution >= 0.6 is 0 Å². The van der Waals surface area contributed by atoms with E-state index in [4.69, 9.17) is 0 Å². The van der Waals surface area contributed by atoms with Gasteiger partial charge < -0.3 is 10.6 Å². The largest absolute Gasteiger partial charge is 0.326 e. The van der Waals surface area contributed by atoms with E-state index in [1.165, 1.54) is 5.56 Å². The summed E-state index contributed by atoms with van der Waals surface area (Å²) >= 11 is 0. The summed E-state index contributed by atoms with van der Waals surface area (Å²) in [4.78, 5) is 12.3. The number of para-hydroxylation sites is 1. The number of carbonyl (C=O) groups is 1. The van der Waals surface area contributed by atoms with E-state index in [1.807, 2.05) is 18.2 Å². The lowest BCUT2D eigenvalue weighted by Crippen LogP contribution is -2.40. The predicted molar refractivity (Wildman–Crippen MR) is 79.3 cm³/mol. The zero-order valence-electron chi connectivity index (χ0n) is 12.1. The predicted octanol–water partition coefficient (Wildman–Crippen LogP) is 3.14. The van der Waals surface area contributed by atoms with Gasteiger partial charge >= 0.3 is 0 Å². The highest BCUT2D eigenvalue weighted by molar-refractivity contribution is 5.93. The molecule has 19 heavy (non-hydrogen) atoms. The number of hydrogen-bond acceptors (Lipinski definition) is 2. The normalized spacial score (nSPS) is 23.4. The van der Waals surface area contributed by atoms with Gasteiger partial charge in [0.1, 0.15) is 0 Å². The fraction of sp³-hybridized carbons (Fsp3) is 0.562. The molecule has 1 aliphatic rings. The van der Waals surface area contributed by atoms with E-state index >= 15 is 0 Å². The highest BCUT2D eigenvalue weighted by atomic mass is 16.1. The fourth-order valence-electron chi connectivity index (χ4n) is 2.72. The van der Waals surface area contributed by atoms with E-state index < -0.39 is 0 Å². The van der Waals surface area contributed by atoms with E-state index in [9.17, 15) is 4.79 Å². The molecule has 3 heteroatoms. The first-order valence-corrected chi connectivity index (χ1v) is 7.21. The van der Waals surface area contributed by atoms with Gasteiger partial charge in [-0.1, -0.05) is 32.0 Å². The number of carbonyl (C=O) groups excluding carboxylic acids is 1. The first-order chi connectivity index (χ1) is 9.08. The Bertz CT molecular complexity index is 442. The van der Waals surface area contributed by atoms with Crippen LogP contribution in [0, 0.1) is 5.92 Å². The standard InChI is InChI=1S/C16H24N2O/c1-11(2)14-6-4-5-7-15(14)18-16(19)13-8-9-17-12(3)10-13/h4-7,11-13,17H,8-10H2,1-3H3,(H,18,19). The molecule has 0 bridgehead atoms. The van der Waals surface area contributed by atoms with Crippen LogP contribution in [0.4, 0.5) is 5.69 Å². The third-order valence-corrected chi connectivity index (χ3v) is 3.84. The van der Waals surface area contributed by atoms with Crippen LogP contribution in [0.25, 0.3) is 0 Å². The Kier molecular flexibility index (Phi) is 4.59. The Morgan fingerprint density at radius 3 is 2.79 bits per heavy atom. The molecule has 3 nitrogen and oxygen atoms in total. The maximum atomic E-state index is 12.3. The number of benzene rings is 1. The molecule has 1 heterocycles. The van der Waals surface area contributed by atoms with E-state index in [0.29, 0.717) is 12.0 Å². The monoisotopic (exact) mass is 260 g/mol. The smallest absolute Gasteiger partial charge is 0.227 e. The summed E-state index contributed by atoms with van der Waals surface area (Å²) in [6.45, 7) is 7.38. The van der Waals surface area contributed by atoms with Crippen molar-refractivity contribution in [2.45, 2.75) is 45.6 Å². The second kappa shape index (κ2) is 6.20. The van der Waals surface area contributed by atoms with Gasteiger partial charge in [-0.05, 0) is 43.9 Å². The van der Waals surface area contributed by atoms with Crippen LogP contribution in [0.2, 0.25) is 0 Å². The number of nitrogens with one attached hydrogen (secondary N) is 2. The summed E-state index contributed by atoms with van der Waals surface area (Å²) in [5.41, 5.74) is 2.17. The molecule has 1 amide bonds. The summed E-state index contributed by atoms with van der Waals surface area (Å²) in [7, 11) is 0. The number of amides is 1. The van der Waals surface area contributed by atoms with Gasteiger partial charge in [0.15, 0.2) is 0 Å². The van der Waals surface area contributed by atoms with Crippen molar-refractivity contribution in [3.05, 3.63) is 29.8 Å². The molecule has 0 spiro atoms. The first-order valence-electron chi connectivity index (χ1n) is 7.21. The zero-order chi connectivity index (χ0) is 13.8. The van der Waals surface area contributed by atoms with Crippen LogP contribution in [0.15, 0.2) is 24.3 Å². The van der Waals surface area contributed by atoms with Crippen LogP contribution < -0.4 is 10.6 Å². The molecule has 1 saturated heterocycles. The average Bonchev–Trinajstić information content (AvgIpc) is 2.39. The lowest BCUT2D eigenvalue weighted by molar-refractivity contribution is -0.120. The lowest BCUT2D eigenvalue weighted by Gasteiger charge is -2.27. The molecule has 0 aromatic heterocycles. The molecule has 2 unspecified atom stereocenters. The van der Waals surface area contributed by atoms with E-state index in [2.05, 4.69) is 37.5 Å². The minimum atomic E-state index is 0.136. The van der Waals surface area contributed by atoms with Crippen LogP contribution in [-0.2, 0) is 4.79 Å². The average molecular weight is 260 g/mol. The van der Waals surface area contributed by atoms with Gasteiger partial charge in [0, 0.05) is 17.6 Å². The number of anilines is 1. The Morgan fingerprint density at radius 1 is 1.37 bits per heavy atom. The van der Waals surface area contributed by atoms with Crippen molar-refractivity contribution in [1.29, 1.82) is 0 Å². The molecule has 0 radical (unpaired) electrons. The third kappa shape index (κ3) is 3.57. The van der Waals surface area contributed by atoms with E-state index in [0.717, 1.165) is 25.1 Å². The zero-order valence-corrected chi connectivity index (χ0v) is 12.1. The molecular weight excluding hydrogens is 236 g/mol. The van der Waals surface area contributed by atoms with Gasteiger partial charge in [-0.25, -0.2) is 0 Å². The number of rotatable bonds is 3. The van der Waals surface area contributed by atoms with Crippen LogP contribution in [0.1, 0.15) is 45.1 Å². The van der Waals surface area contributed by atoms with Gasteiger partial charge in [0.25, 0.3) is 0 Å². The molecule has 104 valence electrons. The molecule has 2 atom stereocenters. The van der Waals surface area contributed by atoms with Gasteiger partial charge in [-0.2, -0.15) is 0 Å². The highest BCUT2D eigenvalue weighted by Gasteiger charge is 2.25. The Balaban J connectivity index is 2.06. The summed E-state index contributed by atoms with van der Waals surface area (Å²) in [5, 5.41) is 6.50. The van der Waals surface area contributed by atoms with Gasteiger partial charge in [-0.3, -0.25) is 4.79 Å². The van der Waals surface area contributed by atoms with Crippen molar-refractivity contribution in [2.24, 2.45) is 5.92 Å². The number of piperidine rings is 1. The molecule has 1 fully saturated rings. The van der Waals surface area contributed by atoms with Crippen molar-refractivity contribution in [3.63, 3.8) is 0 Å². The molecule has 2 rings (SSSR count). The lowest BCUT2D eigenvalue weighted by atomic mass is 9.92. The quantitative estimate of drug-likeness (QED) is 0.876. The minimum Gasteiger partial charge on any atom is -0.326 e. The fourth-order valence-corrected chi connectivity index (χ4v) is 2.72. The minimum absolute atomic E-state index is 0.136. The van der Waals surface area contributed by atoms with E-state index in [-0.39, 0.29) is 11.8 Å². The molecule has 1 aromatic rings. The summed E-state index contributed by atoms with van der Waals surface area (Å²) in [6.07, 6.45) is 1.86. The second-order valence-electron chi connectivity index (χ2n) is 5.81. The van der Waals surface area contributed by atoms with Crippen LogP contribution in [-0.4, -0.2) is 18.5 Å². The maximum Gasteiger partial charge on any atom is 0.227 e. The third-order valence-electron chi connectivity index (χ3n) is 3.84. The molecule has 0 saturated carbocycles. The van der Waals surface area contributed by atoms with Crippen molar-refractivity contribution in [3.8, 4) is 0 Å². The van der Waals surface area contributed by atoms with Gasteiger partial charge in [0.05, 0.1) is 0 Å². The molecule has 0 aliphatic carbocycles. The Morgan fingerprint density at radius 2 is 2.11 bits per heavy atom. The molecule has 1 aliphatic heterocycles. The van der Waals surface area contributed by atoms with Gasteiger partial charge in [0.2, 0.25) is 5.91 Å². The summed E-state index contributed by atoms with van der Waals surface area (Å²) in [5.74, 6) is 0.723. The van der Waals surface area contributed by atoms with Crippen molar-refractivity contribution in [2.75, 3.05) is 11.9 Å². The topological polar surface area (TPSA) is 41.1 Å². The Labute approximate surface area is 115 Å². The van der Waals surface area contributed by atoms with E-state index in [1.54, 1.807) is 0 Å². The molecule has 1 aromatic carbocycles. The van der Waals surface area contributed by atoms with Crippen LogP contribution in [0.5, 0.6) is 0 Å². The number of hydrogen-bond donors (Lipinski definition) is 2. The molecule has 2 N–H and O–H groups in total. The maximum absolute atomic E-state index is 12.3. The van der Waals surface area contributed by atoms with Gasteiger partial charge in [-0.15, -0.1) is 0 Å². The SMILES string of the molecule is CC1CC(C(=O)Nc2ccccc2C(C)C)CCN1. The van der Waals surface area contributed by atoms with Crippen molar-refractivity contribution >= 4 is 11.6 Å². The van der Waals surface area contributed by atoms with Crippen molar-refractivity contribution < 1.29 is 4.79 Å². The molecular formula is C16H24N2O. The summed E-state index contributed by atoms with van der Waals surface area (Å²) < 4.78 is 0. The van der Waals surface area contributed by atoms with Crippen molar-refractivity contribution in [1.82, 2.24) is 5.32 Å². The summed E-state index contributed by atoms with van der Waals surface area (Å²) in [6, 6.07) is 8.53.